The average molecular weight is 154 g/mol. The van der Waals surface area contributed by atoms with Crippen LogP contribution in [0.15, 0.2) is 11.3 Å². The quantitative estimate of drug-likeness (QED) is 0.488. The summed E-state index contributed by atoms with van der Waals surface area (Å²) in [5, 5.41) is 9.04. The number of rotatable bonds is 0. The highest BCUT2D eigenvalue weighted by molar-refractivity contribution is 6.17. The van der Waals surface area contributed by atoms with Gasteiger partial charge in [-0.25, -0.2) is 0 Å². The summed E-state index contributed by atoms with van der Waals surface area (Å²) in [6, 6.07) is 0. The molecular formula is C7H6O4. The first-order chi connectivity index (χ1) is 5.13. The Morgan fingerprint density at radius 1 is 1.27 bits per heavy atom. The molecule has 4 nitrogen and oxygen atoms in total. The standard InChI is InChI=1S/C7H6O4/c1-2-3(8)5(10)7-6(11-7)4(2)9/h6-8H,1H3. The number of Topliss-reactive ketones (excluding diaryl/α,β-unsaturated/α-hetero) is 2. The third kappa shape index (κ3) is 0.670. The Morgan fingerprint density at radius 2 is 1.82 bits per heavy atom. The monoisotopic (exact) mass is 154 g/mol. The van der Waals surface area contributed by atoms with Gasteiger partial charge >= 0.3 is 0 Å². The SMILES string of the molecule is CC1=C(O)C(=O)C2OC2C1=O. The third-order valence-corrected chi connectivity index (χ3v) is 1.97. The van der Waals surface area contributed by atoms with Crippen molar-refractivity contribution in [3.63, 3.8) is 0 Å². The van der Waals surface area contributed by atoms with Gasteiger partial charge in [-0.15, -0.1) is 0 Å². The minimum absolute atomic E-state index is 0.119. The van der Waals surface area contributed by atoms with Crippen molar-refractivity contribution in [3.8, 4) is 0 Å². The van der Waals surface area contributed by atoms with Crippen molar-refractivity contribution in [2.45, 2.75) is 19.1 Å². The van der Waals surface area contributed by atoms with E-state index in [1.165, 1.54) is 6.92 Å². The molecule has 1 aliphatic heterocycles. The predicted molar refractivity (Wildman–Crippen MR) is 34.0 cm³/mol. The molecule has 1 N–H and O–H groups in total. The molecule has 0 aromatic carbocycles. The van der Waals surface area contributed by atoms with Gasteiger partial charge < -0.3 is 9.84 Å². The van der Waals surface area contributed by atoms with Crippen molar-refractivity contribution in [3.05, 3.63) is 11.3 Å². The summed E-state index contributed by atoms with van der Waals surface area (Å²) in [6.07, 6.45) is -1.29. The van der Waals surface area contributed by atoms with Crippen LogP contribution in [-0.4, -0.2) is 28.9 Å². The maximum atomic E-state index is 11.0. The van der Waals surface area contributed by atoms with Gasteiger partial charge in [0, 0.05) is 5.57 Å². The van der Waals surface area contributed by atoms with E-state index in [1.807, 2.05) is 0 Å². The summed E-state index contributed by atoms with van der Waals surface area (Å²) in [5.74, 6) is -1.17. The lowest BCUT2D eigenvalue weighted by Crippen LogP contribution is -2.26. The maximum absolute atomic E-state index is 11.0. The van der Waals surface area contributed by atoms with Gasteiger partial charge in [-0.3, -0.25) is 9.59 Å². The topological polar surface area (TPSA) is 66.9 Å². The van der Waals surface area contributed by atoms with E-state index >= 15 is 0 Å². The van der Waals surface area contributed by atoms with Crippen LogP contribution in [0, 0.1) is 0 Å². The van der Waals surface area contributed by atoms with Crippen LogP contribution in [0.2, 0.25) is 0 Å². The van der Waals surface area contributed by atoms with Gasteiger partial charge in [-0.1, -0.05) is 0 Å². The summed E-state index contributed by atoms with van der Waals surface area (Å²) in [6.45, 7) is 1.42. The van der Waals surface area contributed by atoms with Crippen molar-refractivity contribution < 1.29 is 19.4 Å². The third-order valence-electron chi connectivity index (χ3n) is 1.97. The lowest BCUT2D eigenvalue weighted by molar-refractivity contribution is -0.122. The van der Waals surface area contributed by atoms with Gasteiger partial charge in [-0.05, 0) is 6.92 Å². The fraction of sp³-hybridized carbons (Fsp3) is 0.429. The normalized spacial score (nSPS) is 35.7. The van der Waals surface area contributed by atoms with Crippen molar-refractivity contribution >= 4 is 11.6 Å². The van der Waals surface area contributed by atoms with Gasteiger partial charge in [0.05, 0.1) is 0 Å². The van der Waals surface area contributed by atoms with E-state index in [-0.39, 0.29) is 11.4 Å². The number of carbonyl (C=O) groups excluding carboxylic acids is 2. The van der Waals surface area contributed by atoms with Crippen LogP contribution in [-0.2, 0) is 14.3 Å². The van der Waals surface area contributed by atoms with Gasteiger partial charge in [-0.2, -0.15) is 0 Å². The highest BCUT2D eigenvalue weighted by atomic mass is 16.6. The Bertz CT molecular complexity index is 261. The zero-order chi connectivity index (χ0) is 8.17. The van der Waals surface area contributed by atoms with E-state index in [0.717, 1.165) is 0 Å². The Kier molecular flexibility index (Phi) is 1.02. The fourth-order valence-electron chi connectivity index (χ4n) is 1.16. The number of epoxide rings is 1. The maximum Gasteiger partial charge on any atom is 0.229 e. The number of aliphatic hydroxyl groups is 1. The lowest BCUT2D eigenvalue weighted by Gasteiger charge is -2.05. The van der Waals surface area contributed by atoms with Crippen LogP contribution in [0.4, 0.5) is 0 Å². The number of hydrogen-bond donors (Lipinski definition) is 1. The van der Waals surface area contributed by atoms with Crippen LogP contribution >= 0.6 is 0 Å². The van der Waals surface area contributed by atoms with Crippen LogP contribution in [0.5, 0.6) is 0 Å². The Morgan fingerprint density at radius 3 is 2.45 bits per heavy atom. The highest BCUT2D eigenvalue weighted by Gasteiger charge is 2.55. The van der Waals surface area contributed by atoms with E-state index < -0.39 is 23.8 Å². The molecule has 1 fully saturated rings. The van der Waals surface area contributed by atoms with E-state index in [2.05, 4.69) is 0 Å². The molecule has 2 rings (SSSR count). The number of ketones is 2. The van der Waals surface area contributed by atoms with Crippen LogP contribution < -0.4 is 0 Å². The minimum atomic E-state index is -0.689. The van der Waals surface area contributed by atoms with Crippen LogP contribution in [0.3, 0.4) is 0 Å². The van der Waals surface area contributed by atoms with E-state index in [0.29, 0.717) is 0 Å². The second-order valence-electron chi connectivity index (χ2n) is 2.68. The van der Waals surface area contributed by atoms with E-state index in [9.17, 15) is 9.59 Å². The summed E-state index contributed by atoms with van der Waals surface area (Å²) >= 11 is 0. The van der Waals surface area contributed by atoms with Gasteiger partial charge in [0.2, 0.25) is 5.78 Å². The van der Waals surface area contributed by atoms with Gasteiger partial charge in [0.15, 0.2) is 23.8 Å². The Balaban J connectivity index is 2.47. The Labute approximate surface area is 62.5 Å². The second kappa shape index (κ2) is 1.71. The first kappa shape index (κ1) is 6.54. The van der Waals surface area contributed by atoms with E-state index in [4.69, 9.17) is 9.84 Å². The molecule has 2 unspecified atom stereocenters. The lowest BCUT2D eigenvalue weighted by atomic mass is 9.97. The molecule has 0 spiro atoms. The molecule has 0 amide bonds. The summed E-state index contributed by atoms with van der Waals surface area (Å²) in [4.78, 5) is 22.0. The molecule has 2 aliphatic rings. The van der Waals surface area contributed by atoms with Gasteiger partial charge in [0.25, 0.3) is 0 Å². The molecule has 0 aromatic rings. The summed E-state index contributed by atoms with van der Waals surface area (Å²) in [7, 11) is 0. The van der Waals surface area contributed by atoms with Crippen LogP contribution in [0.1, 0.15) is 6.92 Å². The first-order valence-corrected chi connectivity index (χ1v) is 3.26. The molecule has 0 radical (unpaired) electrons. The number of ether oxygens (including phenoxy) is 1. The molecule has 58 valence electrons. The van der Waals surface area contributed by atoms with Crippen molar-refractivity contribution in [2.75, 3.05) is 0 Å². The largest absolute Gasteiger partial charge is 0.504 e. The molecule has 11 heavy (non-hydrogen) atoms. The van der Waals surface area contributed by atoms with Crippen molar-refractivity contribution in [2.24, 2.45) is 0 Å². The zero-order valence-electron chi connectivity index (χ0n) is 5.83. The molecule has 0 saturated carbocycles. The summed E-state index contributed by atoms with van der Waals surface area (Å²) < 4.78 is 4.74. The molecule has 0 bridgehead atoms. The van der Waals surface area contributed by atoms with Crippen molar-refractivity contribution in [1.82, 2.24) is 0 Å². The first-order valence-electron chi connectivity index (χ1n) is 3.26. The molecular weight excluding hydrogens is 148 g/mol. The zero-order valence-corrected chi connectivity index (χ0v) is 5.83. The number of carbonyl (C=O) groups is 2. The van der Waals surface area contributed by atoms with Crippen molar-refractivity contribution in [1.29, 1.82) is 0 Å². The molecule has 2 atom stereocenters. The molecule has 1 aliphatic carbocycles. The molecule has 0 aromatic heterocycles. The second-order valence-corrected chi connectivity index (χ2v) is 2.68. The number of aliphatic hydroxyl groups excluding tert-OH is 1. The Hall–Kier alpha value is -1.16. The number of hydrogen-bond acceptors (Lipinski definition) is 4. The van der Waals surface area contributed by atoms with Crippen LogP contribution in [0.25, 0.3) is 0 Å². The highest BCUT2D eigenvalue weighted by Crippen LogP contribution is 2.33. The molecule has 1 heterocycles. The fourth-order valence-corrected chi connectivity index (χ4v) is 1.16. The van der Waals surface area contributed by atoms with Gasteiger partial charge in [0.1, 0.15) is 0 Å². The summed E-state index contributed by atoms with van der Waals surface area (Å²) in [5.41, 5.74) is 0.119. The molecule has 1 saturated heterocycles. The number of fused-ring (bicyclic) bond motifs is 1. The molecule has 4 heteroatoms. The minimum Gasteiger partial charge on any atom is -0.504 e. The van der Waals surface area contributed by atoms with E-state index in [1.54, 1.807) is 0 Å². The predicted octanol–water partition coefficient (Wildman–Crippen LogP) is -0.262. The smallest absolute Gasteiger partial charge is 0.229 e. The average Bonchev–Trinajstić information content (AvgIpc) is 2.76.